The molecular formula is C15H23ClN2S. The molecule has 1 aliphatic rings. The van der Waals surface area contributed by atoms with Crippen molar-refractivity contribution in [3.05, 3.63) is 28.8 Å². The molecular weight excluding hydrogens is 276 g/mol. The number of halogens is 1. The van der Waals surface area contributed by atoms with Crippen molar-refractivity contribution in [1.29, 1.82) is 0 Å². The Morgan fingerprint density at radius 1 is 1.32 bits per heavy atom. The lowest BCUT2D eigenvalue weighted by atomic mass is 10.1. The fraction of sp³-hybridized carbons (Fsp3) is 0.600. The zero-order valence-electron chi connectivity index (χ0n) is 11.9. The van der Waals surface area contributed by atoms with Gasteiger partial charge in [-0.2, -0.15) is 11.8 Å². The van der Waals surface area contributed by atoms with Gasteiger partial charge in [-0.3, -0.25) is 0 Å². The zero-order chi connectivity index (χ0) is 13.8. The van der Waals surface area contributed by atoms with E-state index in [1.807, 2.05) is 6.07 Å². The quantitative estimate of drug-likeness (QED) is 0.911. The molecule has 1 aromatic rings. The highest BCUT2D eigenvalue weighted by Crippen LogP contribution is 2.31. The zero-order valence-corrected chi connectivity index (χ0v) is 13.5. The van der Waals surface area contributed by atoms with Crippen LogP contribution in [0.5, 0.6) is 0 Å². The number of rotatable bonds is 4. The minimum absolute atomic E-state index is 0.686. The summed E-state index contributed by atoms with van der Waals surface area (Å²) in [5.74, 6) is 0. The Kier molecular flexibility index (Phi) is 5.43. The second-order valence-electron chi connectivity index (χ2n) is 5.22. The van der Waals surface area contributed by atoms with Crippen molar-refractivity contribution in [2.24, 2.45) is 0 Å². The number of nitrogens with zero attached hydrogens (tertiary/aromatic N) is 1. The van der Waals surface area contributed by atoms with Gasteiger partial charge in [0.15, 0.2) is 0 Å². The van der Waals surface area contributed by atoms with Crippen molar-refractivity contribution < 1.29 is 0 Å². The average Bonchev–Trinajstić information content (AvgIpc) is 2.35. The van der Waals surface area contributed by atoms with Gasteiger partial charge in [-0.15, -0.1) is 0 Å². The highest BCUT2D eigenvalue weighted by Gasteiger charge is 2.23. The van der Waals surface area contributed by atoms with Gasteiger partial charge in [0, 0.05) is 40.8 Å². The highest BCUT2D eigenvalue weighted by atomic mass is 35.5. The first-order chi connectivity index (χ1) is 9.10. The van der Waals surface area contributed by atoms with Crippen LogP contribution in [-0.4, -0.2) is 30.1 Å². The second-order valence-corrected chi connectivity index (χ2v) is 7.53. The molecule has 1 aromatic carbocycles. The summed E-state index contributed by atoms with van der Waals surface area (Å²) in [6, 6.07) is 6.27. The third kappa shape index (κ3) is 4.04. The van der Waals surface area contributed by atoms with Gasteiger partial charge in [-0.25, -0.2) is 0 Å². The Labute approximate surface area is 125 Å². The summed E-state index contributed by atoms with van der Waals surface area (Å²) in [6.45, 7) is 10.9. The Morgan fingerprint density at radius 3 is 2.63 bits per heavy atom. The molecule has 0 radical (unpaired) electrons. The molecule has 1 fully saturated rings. The monoisotopic (exact) mass is 298 g/mol. The summed E-state index contributed by atoms with van der Waals surface area (Å²) in [6.07, 6.45) is 0. The molecule has 0 aromatic heterocycles. The van der Waals surface area contributed by atoms with E-state index in [1.54, 1.807) is 0 Å². The van der Waals surface area contributed by atoms with Crippen LogP contribution in [0.3, 0.4) is 0 Å². The Morgan fingerprint density at radius 2 is 2.00 bits per heavy atom. The lowest BCUT2D eigenvalue weighted by Gasteiger charge is -2.37. The van der Waals surface area contributed by atoms with Crippen LogP contribution in [-0.2, 0) is 6.54 Å². The summed E-state index contributed by atoms with van der Waals surface area (Å²) < 4.78 is 0. The topological polar surface area (TPSA) is 15.3 Å². The molecule has 2 unspecified atom stereocenters. The van der Waals surface area contributed by atoms with Crippen LogP contribution in [0.2, 0.25) is 5.02 Å². The van der Waals surface area contributed by atoms with E-state index in [0.717, 1.165) is 31.2 Å². The van der Waals surface area contributed by atoms with E-state index in [1.165, 1.54) is 11.3 Å². The summed E-state index contributed by atoms with van der Waals surface area (Å²) in [7, 11) is 0. The summed E-state index contributed by atoms with van der Waals surface area (Å²) >= 11 is 8.22. The second kappa shape index (κ2) is 6.87. The molecule has 0 aliphatic carbocycles. The molecule has 4 heteroatoms. The van der Waals surface area contributed by atoms with Gasteiger partial charge < -0.3 is 10.2 Å². The Balaban J connectivity index is 2.22. The first-order valence-corrected chi connectivity index (χ1v) is 8.31. The van der Waals surface area contributed by atoms with E-state index >= 15 is 0 Å². The van der Waals surface area contributed by atoms with Crippen LogP contribution in [0, 0.1) is 0 Å². The molecule has 2 rings (SSSR count). The lowest BCUT2D eigenvalue weighted by Crippen LogP contribution is -2.41. The normalized spacial score (nSPS) is 23.7. The van der Waals surface area contributed by atoms with Crippen molar-refractivity contribution in [2.75, 3.05) is 24.5 Å². The number of thioether (sulfide) groups is 1. The van der Waals surface area contributed by atoms with Crippen LogP contribution in [0.1, 0.15) is 26.3 Å². The molecule has 2 atom stereocenters. The molecule has 0 bridgehead atoms. The molecule has 2 nitrogen and oxygen atoms in total. The van der Waals surface area contributed by atoms with Gasteiger partial charge >= 0.3 is 0 Å². The van der Waals surface area contributed by atoms with Crippen LogP contribution < -0.4 is 10.2 Å². The summed E-state index contributed by atoms with van der Waals surface area (Å²) in [5, 5.41) is 5.60. The van der Waals surface area contributed by atoms with Gasteiger partial charge in [-0.05, 0) is 30.3 Å². The number of hydrogen-bond donors (Lipinski definition) is 1. The van der Waals surface area contributed by atoms with Gasteiger partial charge in [0.25, 0.3) is 0 Å². The van der Waals surface area contributed by atoms with Gasteiger partial charge in [-0.1, -0.05) is 32.4 Å². The predicted molar refractivity (Wildman–Crippen MR) is 87.6 cm³/mol. The molecule has 106 valence electrons. The average molecular weight is 299 g/mol. The first kappa shape index (κ1) is 15.0. The fourth-order valence-electron chi connectivity index (χ4n) is 2.64. The maximum Gasteiger partial charge on any atom is 0.0413 e. The summed E-state index contributed by atoms with van der Waals surface area (Å²) in [5.41, 5.74) is 2.64. The number of nitrogens with one attached hydrogen (secondary N) is 1. The molecule has 1 N–H and O–H groups in total. The largest absolute Gasteiger partial charge is 0.369 e. The molecule has 1 saturated heterocycles. The SMILES string of the molecule is CCNCc1cc(Cl)ccc1N1CC(C)SC(C)C1. The van der Waals surface area contributed by atoms with Crippen molar-refractivity contribution in [1.82, 2.24) is 5.32 Å². The van der Waals surface area contributed by atoms with Crippen molar-refractivity contribution >= 4 is 29.1 Å². The highest BCUT2D eigenvalue weighted by molar-refractivity contribution is 8.00. The number of benzene rings is 1. The molecule has 0 spiro atoms. The third-order valence-electron chi connectivity index (χ3n) is 3.37. The van der Waals surface area contributed by atoms with E-state index < -0.39 is 0 Å². The minimum Gasteiger partial charge on any atom is -0.369 e. The lowest BCUT2D eigenvalue weighted by molar-refractivity contribution is 0.700. The van der Waals surface area contributed by atoms with Crippen molar-refractivity contribution in [3.8, 4) is 0 Å². The molecule has 1 aliphatic heterocycles. The van der Waals surface area contributed by atoms with Crippen LogP contribution >= 0.6 is 23.4 Å². The van der Waals surface area contributed by atoms with Crippen molar-refractivity contribution in [3.63, 3.8) is 0 Å². The van der Waals surface area contributed by atoms with E-state index in [0.29, 0.717) is 10.5 Å². The molecule has 0 amide bonds. The minimum atomic E-state index is 0.686. The van der Waals surface area contributed by atoms with Crippen LogP contribution in [0.15, 0.2) is 18.2 Å². The predicted octanol–water partition coefficient (Wildman–Crippen LogP) is 3.78. The van der Waals surface area contributed by atoms with Gasteiger partial charge in [0.2, 0.25) is 0 Å². The smallest absolute Gasteiger partial charge is 0.0413 e. The first-order valence-electron chi connectivity index (χ1n) is 6.99. The van der Waals surface area contributed by atoms with E-state index in [2.05, 4.69) is 54.9 Å². The standard InChI is InChI=1S/C15H23ClN2S/c1-4-17-8-13-7-14(16)5-6-15(13)18-9-11(2)19-12(3)10-18/h5-7,11-12,17H,4,8-10H2,1-3H3. The Bertz CT molecular complexity index is 415. The molecule has 0 saturated carbocycles. The molecule has 19 heavy (non-hydrogen) atoms. The fourth-order valence-corrected chi connectivity index (χ4v) is 4.16. The third-order valence-corrected chi connectivity index (χ3v) is 4.83. The van der Waals surface area contributed by atoms with E-state index in [4.69, 9.17) is 11.6 Å². The number of hydrogen-bond acceptors (Lipinski definition) is 3. The van der Waals surface area contributed by atoms with Crippen LogP contribution in [0.4, 0.5) is 5.69 Å². The molecule has 1 heterocycles. The van der Waals surface area contributed by atoms with Crippen LogP contribution in [0.25, 0.3) is 0 Å². The maximum absolute atomic E-state index is 6.14. The van der Waals surface area contributed by atoms with E-state index in [9.17, 15) is 0 Å². The summed E-state index contributed by atoms with van der Waals surface area (Å²) in [4.78, 5) is 2.51. The number of anilines is 1. The van der Waals surface area contributed by atoms with Gasteiger partial charge in [0.05, 0.1) is 0 Å². The Hall–Kier alpha value is -0.380. The van der Waals surface area contributed by atoms with Crippen molar-refractivity contribution in [2.45, 2.75) is 37.8 Å². The maximum atomic E-state index is 6.14. The van der Waals surface area contributed by atoms with Gasteiger partial charge in [0.1, 0.15) is 0 Å². The van der Waals surface area contributed by atoms with E-state index in [-0.39, 0.29) is 0 Å².